The maximum absolute atomic E-state index is 13.6. The molecule has 0 N–H and O–H groups in total. The van der Waals surface area contributed by atoms with Crippen LogP contribution in [0.4, 0.5) is 13.2 Å². The second kappa shape index (κ2) is 12.4. The number of hydrogen-bond acceptors (Lipinski definition) is 0. The molecule has 4 aromatic rings. The molecule has 0 atom stereocenters. The van der Waals surface area contributed by atoms with Crippen molar-refractivity contribution in [1.29, 1.82) is 0 Å². The third-order valence-corrected chi connectivity index (χ3v) is 4.51. The van der Waals surface area contributed by atoms with E-state index in [9.17, 15) is 13.2 Å². The summed E-state index contributed by atoms with van der Waals surface area (Å²) < 4.78 is 39.2. The van der Waals surface area contributed by atoms with Crippen LogP contribution in [0.25, 0.3) is 0 Å². The van der Waals surface area contributed by atoms with Gasteiger partial charge in [-0.1, -0.05) is 103 Å². The van der Waals surface area contributed by atoms with Gasteiger partial charge in [-0.05, 0) is 43.3 Å². The molecule has 0 amide bonds. The third-order valence-electron chi connectivity index (χ3n) is 4.51. The number of rotatable bonds is 3. The van der Waals surface area contributed by atoms with Crippen LogP contribution in [-0.4, -0.2) is 6.71 Å². The molecule has 0 nitrogen and oxygen atoms in total. The third kappa shape index (κ3) is 7.49. The fraction of sp³-hybridized carbons (Fsp3) is 0.111. The molecule has 0 aliphatic carbocycles. The van der Waals surface area contributed by atoms with E-state index in [0.717, 1.165) is 22.0 Å². The van der Waals surface area contributed by atoms with Crippen molar-refractivity contribution >= 4 is 23.1 Å². The smallest absolute Gasteiger partial charge is 0.207 e. The summed E-state index contributed by atoms with van der Waals surface area (Å²) >= 11 is 0. The van der Waals surface area contributed by atoms with Crippen molar-refractivity contribution in [3.8, 4) is 0 Å². The van der Waals surface area contributed by atoms with Crippen LogP contribution in [0.3, 0.4) is 0 Å². The molecule has 0 aliphatic rings. The van der Waals surface area contributed by atoms with Crippen LogP contribution in [0.5, 0.6) is 0 Å². The second-order valence-electron chi connectivity index (χ2n) is 6.75. The zero-order chi connectivity index (χ0) is 22.6. The van der Waals surface area contributed by atoms with E-state index < -0.39 is 0 Å². The first-order valence-corrected chi connectivity index (χ1v) is 10.3. The molecule has 0 saturated carbocycles. The fourth-order valence-electron chi connectivity index (χ4n) is 3.12. The molecule has 0 unspecified atom stereocenters. The highest BCUT2D eigenvalue weighted by atomic mass is 19.1. The minimum absolute atomic E-state index is 0.178. The van der Waals surface area contributed by atoms with Gasteiger partial charge in [0.1, 0.15) is 17.5 Å². The largest absolute Gasteiger partial charge is 0.241 e. The van der Waals surface area contributed by atoms with E-state index in [2.05, 4.69) is 0 Å². The van der Waals surface area contributed by atoms with Gasteiger partial charge in [-0.25, -0.2) is 13.2 Å². The summed E-state index contributed by atoms with van der Waals surface area (Å²) in [5, 5.41) is 0. The number of benzene rings is 4. The summed E-state index contributed by atoms with van der Waals surface area (Å²) in [6, 6.07) is 29.0. The predicted octanol–water partition coefficient (Wildman–Crippen LogP) is 5.64. The lowest BCUT2D eigenvalue weighted by Crippen LogP contribution is -2.52. The predicted molar refractivity (Wildman–Crippen MR) is 126 cm³/mol. The molecule has 31 heavy (non-hydrogen) atoms. The van der Waals surface area contributed by atoms with E-state index in [1.54, 1.807) is 30.3 Å². The molecule has 0 saturated heterocycles. The number of aryl methyl sites for hydroxylation is 1. The van der Waals surface area contributed by atoms with Gasteiger partial charge in [-0.2, -0.15) is 0 Å². The number of halogens is 3. The standard InChI is InChI=1S/C19H15BF2.C6H5F.C2H6/c1-14-8-10-15(11-9-14)20(16-4-2-6-18(21)12-16)17-5-3-7-19(22)13-17;7-6-4-2-1-3-5-6;1-2/h2-13H,1H3;1-5H;1-2H3. The Morgan fingerprint density at radius 2 is 0.935 bits per heavy atom. The van der Waals surface area contributed by atoms with Crippen molar-refractivity contribution in [2.24, 2.45) is 0 Å². The van der Waals surface area contributed by atoms with Crippen molar-refractivity contribution in [2.45, 2.75) is 20.8 Å². The van der Waals surface area contributed by atoms with Crippen molar-refractivity contribution < 1.29 is 13.2 Å². The van der Waals surface area contributed by atoms with Crippen LogP contribution >= 0.6 is 0 Å². The van der Waals surface area contributed by atoms with Gasteiger partial charge >= 0.3 is 0 Å². The fourth-order valence-corrected chi connectivity index (χ4v) is 3.12. The van der Waals surface area contributed by atoms with Crippen LogP contribution in [0.1, 0.15) is 19.4 Å². The molecular weight excluding hydrogens is 392 g/mol. The van der Waals surface area contributed by atoms with Crippen LogP contribution in [0, 0.1) is 24.4 Å². The summed E-state index contributed by atoms with van der Waals surface area (Å²) in [5.41, 5.74) is 3.80. The van der Waals surface area contributed by atoms with E-state index in [4.69, 9.17) is 0 Å². The Morgan fingerprint density at radius 3 is 1.32 bits per heavy atom. The molecule has 4 aromatic carbocycles. The molecular formula is C27H26BF3. The quantitative estimate of drug-likeness (QED) is 0.378. The van der Waals surface area contributed by atoms with Crippen molar-refractivity contribution in [3.63, 3.8) is 0 Å². The zero-order valence-corrected chi connectivity index (χ0v) is 18.0. The highest BCUT2D eigenvalue weighted by molar-refractivity contribution is 6.95. The molecule has 158 valence electrons. The Hall–Kier alpha value is -3.27. The van der Waals surface area contributed by atoms with E-state index in [1.807, 2.05) is 57.2 Å². The molecule has 0 spiro atoms. The average molecular weight is 418 g/mol. The van der Waals surface area contributed by atoms with Gasteiger partial charge in [-0.3, -0.25) is 0 Å². The molecule has 0 radical (unpaired) electrons. The Bertz CT molecular complexity index is 1000. The van der Waals surface area contributed by atoms with Crippen molar-refractivity contribution in [2.75, 3.05) is 0 Å². The summed E-state index contributed by atoms with van der Waals surface area (Å²) in [7, 11) is 0. The van der Waals surface area contributed by atoms with Crippen LogP contribution < -0.4 is 16.4 Å². The first-order valence-electron chi connectivity index (χ1n) is 10.3. The van der Waals surface area contributed by atoms with Gasteiger partial charge in [0.15, 0.2) is 0 Å². The summed E-state index contributed by atoms with van der Waals surface area (Å²) in [6.45, 7) is 5.83. The minimum Gasteiger partial charge on any atom is -0.207 e. The highest BCUT2D eigenvalue weighted by Crippen LogP contribution is 2.02. The first-order chi connectivity index (χ1) is 15.0. The van der Waals surface area contributed by atoms with E-state index in [1.165, 1.54) is 36.4 Å². The molecule has 0 bridgehead atoms. The van der Waals surface area contributed by atoms with Crippen LogP contribution in [0.2, 0.25) is 0 Å². The Kier molecular flexibility index (Phi) is 9.63. The van der Waals surface area contributed by atoms with Gasteiger partial charge in [0, 0.05) is 0 Å². The Morgan fingerprint density at radius 1 is 0.484 bits per heavy atom. The average Bonchev–Trinajstić information content (AvgIpc) is 2.78. The minimum atomic E-state index is -0.286. The van der Waals surface area contributed by atoms with Crippen molar-refractivity contribution in [1.82, 2.24) is 0 Å². The lowest BCUT2D eigenvalue weighted by Gasteiger charge is -2.16. The second-order valence-corrected chi connectivity index (χ2v) is 6.75. The monoisotopic (exact) mass is 418 g/mol. The lowest BCUT2D eigenvalue weighted by molar-refractivity contribution is 0.627. The van der Waals surface area contributed by atoms with Gasteiger partial charge in [0.05, 0.1) is 0 Å². The van der Waals surface area contributed by atoms with E-state index in [0.29, 0.717) is 0 Å². The SMILES string of the molecule is CC.Cc1ccc(B(c2cccc(F)c2)c2cccc(F)c2)cc1.Fc1ccccc1. The molecule has 0 heterocycles. The van der Waals surface area contributed by atoms with E-state index >= 15 is 0 Å². The number of hydrogen-bond donors (Lipinski definition) is 0. The molecule has 0 aliphatic heterocycles. The molecule has 0 aromatic heterocycles. The molecule has 4 rings (SSSR count). The van der Waals surface area contributed by atoms with Crippen LogP contribution in [0.15, 0.2) is 103 Å². The lowest BCUT2D eigenvalue weighted by atomic mass is 9.37. The molecule has 0 fully saturated rings. The molecule has 4 heteroatoms. The van der Waals surface area contributed by atoms with E-state index in [-0.39, 0.29) is 24.2 Å². The maximum atomic E-state index is 13.6. The zero-order valence-electron chi connectivity index (χ0n) is 18.0. The summed E-state index contributed by atoms with van der Waals surface area (Å²) in [6.07, 6.45) is 0. The van der Waals surface area contributed by atoms with Gasteiger partial charge in [0.25, 0.3) is 0 Å². The Balaban J connectivity index is 0.000000319. The van der Waals surface area contributed by atoms with Gasteiger partial charge in [0.2, 0.25) is 6.71 Å². The van der Waals surface area contributed by atoms with Gasteiger partial charge in [-0.15, -0.1) is 0 Å². The summed E-state index contributed by atoms with van der Waals surface area (Å²) in [5.74, 6) is -0.750. The van der Waals surface area contributed by atoms with Gasteiger partial charge < -0.3 is 0 Å². The Labute approximate surface area is 183 Å². The van der Waals surface area contributed by atoms with Crippen molar-refractivity contribution in [3.05, 3.63) is 126 Å². The topological polar surface area (TPSA) is 0 Å². The first kappa shape index (κ1) is 24.0. The maximum Gasteiger partial charge on any atom is 0.241 e. The normalized spacial score (nSPS) is 9.61. The highest BCUT2D eigenvalue weighted by Gasteiger charge is 2.22. The van der Waals surface area contributed by atoms with Crippen LogP contribution in [-0.2, 0) is 0 Å². The summed E-state index contributed by atoms with van der Waals surface area (Å²) in [4.78, 5) is 0.